The van der Waals surface area contributed by atoms with E-state index >= 15 is 0 Å². The van der Waals surface area contributed by atoms with E-state index in [1.54, 1.807) is 83.1 Å². The minimum atomic E-state index is -3.90. The second-order valence-electron chi connectivity index (χ2n) is 15.7. The number of alkyl halides is 4. The molecule has 0 saturated heterocycles. The second kappa shape index (κ2) is 24.5. The Bertz CT molecular complexity index is 1190. The highest BCUT2D eigenvalue weighted by molar-refractivity contribution is 7.59. The standard InChI is InChI=1S/C17H29F2NO7.C16H29F2NO6.CH4.2H2S/c1-15(2,3)26-13(22)20(7)11(9-17(18,19)12(21)24-8)10-25-14(23)27-16(4,5)6;1-14(2,3)24-12(21)19(7)11(8-16(17,18)10-20)9-23-13(22)25-15(4,5)6;;;/h11H,9-10H2,1-8H3;11,20H,8-10H2,1-7H3;1H4;2*1H2/t2*11-;;;/m00.../s1. The Morgan fingerprint density at radius 3 is 1.13 bits per heavy atom. The van der Waals surface area contributed by atoms with Crippen molar-refractivity contribution < 1.29 is 79.8 Å². The van der Waals surface area contributed by atoms with E-state index in [-0.39, 0.29) is 34.4 Å². The average Bonchev–Trinajstić information content (AvgIpc) is 2.92. The van der Waals surface area contributed by atoms with E-state index in [2.05, 4.69) is 4.74 Å². The molecule has 55 heavy (non-hydrogen) atoms. The molecular formula is C34H66F4N2O13S2. The number of carbonyl (C=O) groups excluding carboxylic acids is 5. The maximum Gasteiger partial charge on any atom is 0.508 e. The van der Waals surface area contributed by atoms with Crippen LogP contribution in [0.25, 0.3) is 0 Å². The van der Waals surface area contributed by atoms with Crippen molar-refractivity contribution in [2.45, 2.75) is 150 Å². The number of amides is 2. The molecule has 0 aromatic rings. The summed E-state index contributed by atoms with van der Waals surface area (Å²) >= 11 is 0. The van der Waals surface area contributed by atoms with Gasteiger partial charge in [-0.05, 0) is 83.1 Å². The van der Waals surface area contributed by atoms with Crippen LogP contribution in [-0.4, -0.2) is 133 Å². The summed E-state index contributed by atoms with van der Waals surface area (Å²) in [7, 11) is 3.27. The molecule has 0 aromatic carbocycles. The molecule has 0 unspecified atom stereocenters. The number of aliphatic hydroxyl groups is 1. The number of likely N-dealkylation sites (N-methyl/N-ethyl adjacent to an activating group) is 2. The Labute approximate surface area is 337 Å². The van der Waals surface area contributed by atoms with Gasteiger partial charge in [-0.3, -0.25) is 0 Å². The van der Waals surface area contributed by atoms with Crippen molar-refractivity contribution in [3.05, 3.63) is 0 Å². The molecule has 0 aliphatic heterocycles. The van der Waals surface area contributed by atoms with E-state index in [9.17, 15) is 41.5 Å². The lowest BCUT2D eigenvalue weighted by Gasteiger charge is -2.32. The van der Waals surface area contributed by atoms with Gasteiger partial charge in [0.05, 0.1) is 19.2 Å². The highest BCUT2D eigenvalue weighted by Crippen LogP contribution is 2.26. The Balaban J connectivity index is -0.000000288. The zero-order valence-corrected chi connectivity index (χ0v) is 35.9. The summed E-state index contributed by atoms with van der Waals surface area (Å²) in [6.07, 6.45) is -5.92. The average molecular weight is 851 g/mol. The maximum absolute atomic E-state index is 14.0. The smallest absolute Gasteiger partial charge is 0.465 e. The Morgan fingerprint density at radius 2 is 0.873 bits per heavy atom. The van der Waals surface area contributed by atoms with Crippen LogP contribution in [0.2, 0.25) is 0 Å². The molecule has 0 spiro atoms. The van der Waals surface area contributed by atoms with Gasteiger partial charge in [-0.2, -0.15) is 35.8 Å². The van der Waals surface area contributed by atoms with Crippen molar-refractivity contribution in [2.75, 3.05) is 41.0 Å². The van der Waals surface area contributed by atoms with Gasteiger partial charge < -0.3 is 48.1 Å². The predicted molar refractivity (Wildman–Crippen MR) is 206 cm³/mol. The fourth-order valence-electron chi connectivity index (χ4n) is 3.41. The summed E-state index contributed by atoms with van der Waals surface area (Å²) in [6.45, 7) is 16.8. The monoisotopic (exact) mass is 850 g/mol. The number of ether oxygens (including phenoxy) is 7. The molecule has 2 amide bonds. The summed E-state index contributed by atoms with van der Waals surface area (Å²) in [6, 6.07) is -2.56. The van der Waals surface area contributed by atoms with Crippen molar-refractivity contribution in [2.24, 2.45) is 0 Å². The van der Waals surface area contributed by atoms with Crippen LogP contribution in [0.5, 0.6) is 0 Å². The first kappa shape index (κ1) is 61.2. The summed E-state index contributed by atoms with van der Waals surface area (Å²) in [5.41, 5.74) is -3.34. The number of aliphatic hydroxyl groups excluding tert-OH is 1. The molecule has 330 valence electrons. The van der Waals surface area contributed by atoms with Gasteiger partial charge in [0.15, 0.2) is 0 Å². The van der Waals surface area contributed by atoms with Gasteiger partial charge in [0, 0.05) is 26.9 Å². The van der Waals surface area contributed by atoms with Crippen LogP contribution in [0.3, 0.4) is 0 Å². The minimum Gasteiger partial charge on any atom is -0.465 e. The topological polar surface area (TPSA) is 177 Å². The lowest BCUT2D eigenvalue weighted by molar-refractivity contribution is -0.172. The number of hydrogen-bond acceptors (Lipinski definition) is 13. The molecule has 0 aromatic heterocycles. The quantitative estimate of drug-likeness (QED) is 0.117. The third-order valence-corrected chi connectivity index (χ3v) is 5.77. The van der Waals surface area contributed by atoms with Crippen molar-refractivity contribution in [3.8, 4) is 0 Å². The van der Waals surface area contributed by atoms with Crippen molar-refractivity contribution in [3.63, 3.8) is 0 Å². The fourth-order valence-corrected chi connectivity index (χ4v) is 3.41. The Hall–Kier alpha value is -3.07. The highest BCUT2D eigenvalue weighted by Gasteiger charge is 2.45. The van der Waals surface area contributed by atoms with Crippen LogP contribution in [0.1, 0.15) is 103 Å². The first-order chi connectivity index (χ1) is 23.0. The number of esters is 1. The first-order valence-corrected chi connectivity index (χ1v) is 16.1. The lowest BCUT2D eigenvalue weighted by Crippen LogP contribution is -2.47. The molecule has 0 radical (unpaired) electrons. The van der Waals surface area contributed by atoms with Crippen LogP contribution in [0.4, 0.5) is 36.7 Å². The van der Waals surface area contributed by atoms with E-state index in [1.165, 1.54) is 14.1 Å². The number of methoxy groups -OCH3 is 1. The fraction of sp³-hybridized carbons (Fsp3) is 0.853. The van der Waals surface area contributed by atoms with Gasteiger partial charge in [-0.15, -0.1) is 0 Å². The van der Waals surface area contributed by atoms with Gasteiger partial charge >= 0.3 is 36.4 Å². The van der Waals surface area contributed by atoms with Gasteiger partial charge in [-0.25, -0.2) is 32.8 Å². The molecule has 15 nitrogen and oxygen atoms in total. The van der Waals surface area contributed by atoms with Crippen molar-refractivity contribution in [1.29, 1.82) is 0 Å². The molecule has 0 fully saturated rings. The number of nitrogens with zero attached hydrogens (tertiary/aromatic N) is 2. The summed E-state index contributed by atoms with van der Waals surface area (Å²) in [4.78, 5) is 60.6. The lowest BCUT2D eigenvalue weighted by atomic mass is 10.1. The van der Waals surface area contributed by atoms with Gasteiger partial charge in [0.2, 0.25) is 0 Å². The Kier molecular flexibility index (Phi) is 27.3. The van der Waals surface area contributed by atoms with E-state index < -0.39 is 109 Å². The van der Waals surface area contributed by atoms with Crippen molar-refractivity contribution >= 4 is 57.5 Å². The molecule has 0 aliphatic rings. The van der Waals surface area contributed by atoms with Crippen molar-refractivity contribution in [1.82, 2.24) is 9.80 Å². The van der Waals surface area contributed by atoms with Crippen LogP contribution >= 0.6 is 27.0 Å². The zero-order valence-electron chi connectivity index (χ0n) is 33.9. The summed E-state index contributed by atoms with van der Waals surface area (Å²) in [5.74, 6) is -9.10. The number of hydrogen-bond donors (Lipinski definition) is 1. The van der Waals surface area contributed by atoms with Gasteiger partial charge in [0.1, 0.15) is 42.2 Å². The second-order valence-corrected chi connectivity index (χ2v) is 15.7. The minimum absolute atomic E-state index is 0. The molecule has 0 saturated carbocycles. The molecule has 21 heteroatoms. The molecule has 0 heterocycles. The van der Waals surface area contributed by atoms with Crippen LogP contribution in [0.15, 0.2) is 0 Å². The molecule has 2 atom stereocenters. The molecule has 0 bridgehead atoms. The van der Waals surface area contributed by atoms with Gasteiger partial charge in [0.25, 0.3) is 5.92 Å². The molecule has 0 rings (SSSR count). The number of carbonyl (C=O) groups is 5. The third-order valence-electron chi connectivity index (χ3n) is 5.77. The van der Waals surface area contributed by atoms with Crippen LogP contribution in [-0.2, 0) is 38.0 Å². The van der Waals surface area contributed by atoms with Crippen LogP contribution in [0, 0.1) is 0 Å². The van der Waals surface area contributed by atoms with E-state index in [0.29, 0.717) is 0 Å². The van der Waals surface area contributed by atoms with E-state index in [4.69, 9.17) is 33.5 Å². The Morgan fingerprint density at radius 1 is 0.582 bits per heavy atom. The first-order valence-electron chi connectivity index (χ1n) is 16.1. The summed E-state index contributed by atoms with van der Waals surface area (Å²) < 4.78 is 89.0. The number of rotatable bonds is 12. The largest absolute Gasteiger partial charge is 0.508 e. The third kappa shape index (κ3) is 29.8. The normalized spacial score (nSPS) is 12.9. The van der Waals surface area contributed by atoms with Gasteiger partial charge in [-0.1, -0.05) is 7.43 Å². The highest BCUT2D eigenvalue weighted by atomic mass is 32.1. The number of halogens is 4. The SMILES string of the molecule is C.CN(C(=O)OC(C)(C)C)[C@H](COC(=O)OC(C)(C)C)CC(F)(F)CO.COC(=O)C(F)(F)C[C@@H](COC(=O)OC(C)(C)C)N(C)C(=O)OC(C)(C)C.S.S. The zero-order chi connectivity index (χ0) is 41.7. The molecule has 0 aliphatic carbocycles. The predicted octanol–water partition coefficient (Wildman–Crippen LogP) is 7.43. The maximum atomic E-state index is 14.0. The molecular weight excluding hydrogens is 785 g/mol. The van der Waals surface area contributed by atoms with E-state index in [0.717, 1.165) is 16.9 Å². The molecule has 1 N–H and O–H groups in total. The van der Waals surface area contributed by atoms with E-state index in [1.807, 2.05) is 0 Å². The summed E-state index contributed by atoms with van der Waals surface area (Å²) in [5, 5.41) is 8.76. The van der Waals surface area contributed by atoms with Crippen LogP contribution < -0.4 is 0 Å².